The number of carbonyl (C=O) groups excluding carboxylic acids is 3. The standard InChI is InChI=1S/C26H23N5O7S2/c1-13(32)37-9-16-11-39-24-20(23(34)31(24)21(16)25(35)36)29-22(33)19(18-12-40-26(27)28-18)30-38-10-15-7-4-6-14-5-2-3-8-17(14)15/h2-8,12,20,24H,9-11H2,1H3,(H2,27,28)(H,29,33)(H,35,36)/t20-,24+/m1/s1. The van der Waals surface area contributed by atoms with Crippen molar-refractivity contribution in [1.82, 2.24) is 15.2 Å². The molecule has 5 rings (SSSR count). The average molecular weight is 582 g/mol. The number of esters is 1. The molecule has 206 valence electrons. The normalized spacial score (nSPS) is 18.7. The number of nitrogen functional groups attached to an aromatic ring is 1. The second-order valence-corrected chi connectivity index (χ2v) is 10.8. The molecule has 3 heterocycles. The summed E-state index contributed by atoms with van der Waals surface area (Å²) in [7, 11) is 0. The Morgan fingerprint density at radius 1 is 1.20 bits per heavy atom. The van der Waals surface area contributed by atoms with Crippen molar-refractivity contribution in [2.45, 2.75) is 24.9 Å². The number of β-lactam (4-membered cyclic amide) rings is 1. The van der Waals surface area contributed by atoms with Crippen molar-refractivity contribution >= 4 is 68.5 Å². The van der Waals surface area contributed by atoms with Crippen LogP contribution in [0.2, 0.25) is 0 Å². The van der Waals surface area contributed by atoms with E-state index in [0.717, 1.165) is 32.6 Å². The first-order valence-corrected chi connectivity index (χ1v) is 13.9. The van der Waals surface area contributed by atoms with Gasteiger partial charge in [-0.3, -0.25) is 19.3 Å². The van der Waals surface area contributed by atoms with E-state index in [9.17, 15) is 24.3 Å². The molecule has 2 aromatic carbocycles. The minimum absolute atomic E-state index is 0.0737. The van der Waals surface area contributed by atoms with Crippen molar-refractivity contribution in [3.8, 4) is 0 Å². The van der Waals surface area contributed by atoms with Crippen LogP contribution in [-0.2, 0) is 35.4 Å². The van der Waals surface area contributed by atoms with E-state index in [1.54, 1.807) is 5.38 Å². The Hall–Kier alpha value is -4.43. The van der Waals surface area contributed by atoms with E-state index in [1.807, 2.05) is 42.5 Å². The fourth-order valence-corrected chi connectivity index (χ4v) is 6.25. The highest BCUT2D eigenvalue weighted by atomic mass is 32.2. The summed E-state index contributed by atoms with van der Waals surface area (Å²) >= 11 is 2.36. The zero-order valence-electron chi connectivity index (χ0n) is 21.0. The maximum atomic E-state index is 13.3. The molecule has 14 heteroatoms. The van der Waals surface area contributed by atoms with Gasteiger partial charge < -0.3 is 25.7 Å². The third-order valence-electron chi connectivity index (χ3n) is 6.22. The SMILES string of the molecule is CC(=O)OCC1=C(C(=O)O)N2C(=O)[C@@H](NC(=O)C(=NOCc3cccc4ccccc34)c3csc(N)n3)[C@@H]2SC1. The molecule has 3 aromatic rings. The van der Waals surface area contributed by atoms with Crippen LogP contribution in [0.15, 0.2) is 64.3 Å². The number of nitrogens with one attached hydrogen (secondary N) is 1. The third kappa shape index (κ3) is 5.35. The van der Waals surface area contributed by atoms with Gasteiger partial charge in [-0.15, -0.1) is 23.1 Å². The summed E-state index contributed by atoms with van der Waals surface area (Å²) in [4.78, 5) is 60.3. The van der Waals surface area contributed by atoms with Gasteiger partial charge in [0.25, 0.3) is 11.8 Å². The van der Waals surface area contributed by atoms with Gasteiger partial charge in [0, 0.05) is 23.6 Å². The number of carbonyl (C=O) groups is 4. The van der Waals surface area contributed by atoms with Gasteiger partial charge in [0.05, 0.1) is 0 Å². The monoisotopic (exact) mass is 581 g/mol. The number of nitrogens with zero attached hydrogens (tertiary/aromatic N) is 3. The fraction of sp³-hybridized carbons (Fsp3) is 0.231. The largest absolute Gasteiger partial charge is 0.477 e. The topological polar surface area (TPSA) is 174 Å². The third-order valence-corrected chi connectivity index (χ3v) is 8.24. The van der Waals surface area contributed by atoms with Crippen molar-refractivity contribution in [3.05, 3.63) is 70.4 Å². The number of fused-ring (bicyclic) bond motifs is 2. The molecule has 0 bridgehead atoms. The first-order chi connectivity index (χ1) is 19.2. The van der Waals surface area contributed by atoms with E-state index < -0.39 is 35.2 Å². The second kappa shape index (κ2) is 11.4. The number of aromatic nitrogens is 1. The van der Waals surface area contributed by atoms with Gasteiger partial charge in [-0.1, -0.05) is 47.6 Å². The molecule has 2 aliphatic heterocycles. The van der Waals surface area contributed by atoms with Gasteiger partial charge >= 0.3 is 11.9 Å². The quantitative estimate of drug-likeness (QED) is 0.147. The Balaban J connectivity index is 1.33. The van der Waals surface area contributed by atoms with Crippen LogP contribution in [0, 0.1) is 0 Å². The molecule has 0 aliphatic carbocycles. The summed E-state index contributed by atoms with van der Waals surface area (Å²) in [5.74, 6) is -3.03. The Morgan fingerprint density at radius 2 is 1.98 bits per heavy atom. The lowest BCUT2D eigenvalue weighted by molar-refractivity contribution is -0.150. The van der Waals surface area contributed by atoms with E-state index in [0.29, 0.717) is 5.57 Å². The lowest BCUT2D eigenvalue weighted by Crippen LogP contribution is -2.71. The Bertz CT molecular complexity index is 1580. The van der Waals surface area contributed by atoms with E-state index >= 15 is 0 Å². The number of thiazole rings is 1. The number of oxime groups is 1. The Labute approximate surface area is 235 Å². The number of nitrogens with two attached hydrogens (primary N) is 1. The predicted octanol–water partition coefficient (Wildman–Crippen LogP) is 2.10. The molecular formula is C26H23N5O7S2. The number of carboxylic acids is 1. The number of anilines is 1. The molecule has 1 saturated heterocycles. The summed E-state index contributed by atoms with van der Waals surface area (Å²) in [6.45, 7) is 1.04. The molecule has 40 heavy (non-hydrogen) atoms. The molecule has 0 spiro atoms. The Morgan fingerprint density at radius 3 is 2.70 bits per heavy atom. The number of amides is 2. The molecular weight excluding hydrogens is 558 g/mol. The van der Waals surface area contributed by atoms with Crippen LogP contribution < -0.4 is 11.1 Å². The van der Waals surface area contributed by atoms with Crippen LogP contribution >= 0.6 is 23.1 Å². The maximum absolute atomic E-state index is 13.3. The molecule has 1 aromatic heterocycles. The van der Waals surface area contributed by atoms with Crippen LogP contribution in [0.25, 0.3) is 10.8 Å². The average Bonchev–Trinajstić information content (AvgIpc) is 3.37. The zero-order valence-corrected chi connectivity index (χ0v) is 22.7. The first kappa shape index (κ1) is 27.1. The van der Waals surface area contributed by atoms with Gasteiger partial charge in [-0.05, 0) is 16.3 Å². The van der Waals surface area contributed by atoms with E-state index in [-0.39, 0.29) is 41.2 Å². The van der Waals surface area contributed by atoms with Gasteiger partial charge in [-0.2, -0.15) is 0 Å². The molecule has 12 nitrogen and oxygen atoms in total. The maximum Gasteiger partial charge on any atom is 0.352 e. The van der Waals surface area contributed by atoms with E-state index in [4.69, 9.17) is 15.3 Å². The summed E-state index contributed by atoms with van der Waals surface area (Å²) in [6, 6.07) is 12.5. The van der Waals surface area contributed by atoms with Crippen LogP contribution in [-0.4, -0.2) is 68.2 Å². The molecule has 0 unspecified atom stereocenters. The second-order valence-electron chi connectivity index (χ2n) is 8.82. The van der Waals surface area contributed by atoms with Crippen LogP contribution in [0.3, 0.4) is 0 Å². The number of ether oxygens (including phenoxy) is 1. The highest BCUT2D eigenvalue weighted by Crippen LogP contribution is 2.40. The molecule has 4 N–H and O–H groups in total. The van der Waals surface area contributed by atoms with E-state index in [2.05, 4.69) is 15.5 Å². The molecule has 0 saturated carbocycles. The molecule has 0 radical (unpaired) electrons. The molecule has 1 fully saturated rings. The van der Waals surface area contributed by atoms with Gasteiger partial charge in [-0.25, -0.2) is 9.78 Å². The number of rotatable bonds is 9. The van der Waals surface area contributed by atoms with Crippen molar-refractivity contribution in [2.24, 2.45) is 5.16 Å². The summed E-state index contributed by atoms with van der Waals surface area (Å²) in [6.07, 6.45) is 0. The summed E-state index contributed by atoms with van der Waals surface area (Å²) in [5.41, 5.74) is 6.67. The zero-order chi connectivity index (χ0) is 28.4. The molecule has 2 atom stereocenters. The smallest absolute Gasteiger partial charge is 0.352 e. The minimum Gasteiger partial charge on any atom is -0.477 e. The number of thioether (sulfide) groups is 1. The number of hydrogen-bond acceptors (Lipinski definition) is 11. The Kier molecular flexibility index (Phi) is 7.71. The highest BCUT2D eigenvalue weighted by Gasteiger charge is 2.54. The summed E-state index contributed by atoms with van der Waals surface area (Å²) < 4.78 is 4.94. The number of hydrogen-bond donors (Lipinski definition) is 3. The van der Waals surface area contributed by atoms with Gasteiger partial charge in [0.1, 0.15) is 36.0 Å². The van der Waals surface area contributed by atoms with Crippen LogP contribution in [0.1, 0.15) is 18.2 Å². The van der Waals surface area contributed by atoms with Crippen molar-refractivity contribution in [1.29, 1.82) is 0 Å². The molecule has 2 aliphatic rings. The molecule has 2 amide bonds. The van der Waals surface area contributed by atoms with Crippen molar-refractivity contribution in [2.75, 3.05) is 18.1 Å². The minimum atomic E-state index is -1.33. The van der Waals surface area contributed by atoms with Crippen LogP contribution in [0.4, 0.5) is 5.13 Å². The highest BCUT2D eigenvalue weighted by molar-refractivity contribution is 8.00. The lowest BCUT2D eigenvalue weighted by atomic mass is 10.0. The van der Waals surface area contributed by atoms with Crippen molar-refractivity contribution in [3.63, 3.8) is 0 Å². The van der Waals surface area contributed by atoms with Gasteiger partial charge in [0.2, 0.25) is 0 Å². The number of aliphatic carboxylic acids is 1. The fourth-order valence-electron chi connectivity index (χ4n) is 4.38. The predicted molar refractivity (Wildman–Crippen MR) is 148 cm³/mol. The number of carboxylic acid groups (broad SMARTS) is 1. The lowest BCUT2D eigenvalue weighted by Gasteiger charge is -2.49. The summed E-state index contributed by atoms with van der Waals surface area (Å²) in [5, 5.41) is 19.5. The van der Waals surface area contributed by atoms with E-state index in [1.165, 1.54) is 18.7 Å². The first-order valence-electron chi connectivity index (χ1n) is 12.0. The van der Waals surface area contributed by atoms with Crippen molar-refractivity contribution < 1.29 is 33.9 Å². The van der Waals surface area contributed by atoms with Gasteiger partial charge in [0.15, 0.2) is 10.8 Å². The van der Waals surface area contributed by atoms with Crippen LogP contribution in [0.5, 0.6) is 0 Å². The number of benzene rings is 2.